The first-order valence-electron chi connectivity index (χ1n) is 16.6. The van der Waals surface area contributed by atoms with Gasteiger partial charge in [-0.3, -0.25) is 29.8 Å². The van der Waals surface area contributed by atoms with Crippen LogP contribution in [0.5, 0.6) is 0 Å². The second-order valence-electron chi connectivity index (χ2n) is 11.3. The minimum Gasteiger partial charge on any atom is -0.351 e. The normalized spacial score (nSPS) is 10.6. The van der Waals surface area contributed by atoms with Crippen LogP contribution in [-0.4, -0.2) is 68.4 Å². The van der Waals surface area contributed by atoms with E-state index in [2.05, 4.69) is 51.6 Å². The summed E-state index contributed by atoms with van der Waals surface area (Å²) in [5.41, 5.74) is 6.61. The fraction of sp³-hybridized carbons (Fsp3) is 0.211. The van der Waals surface area contributed by atoms with Gasteiger partial charge in [-0.1, -0.05) is 72.8 Å². The Labute approximate surface area is 291 Å². The van der Waals surface area contributed by atoms with E-state index < -0.39 is 0 Å². The third-order valence-electron chi connectivity index (χ3n) is 7.50. The van der Waals surface area contributed by atoms with Crippen molar-refractivity contribution >= 4 is 11.8 Å². The second kappa shape index (κ2) is 19.7. The summed E-state index contributed by atoms with van der Waals surface area (Å²) in [6.45, 7) is 4.37. The molecule has 6 aromatic rings. The van der Waals surface area contributed by atoms with Gasteiger partial charge in [0.25, 0.3) is 11.8 Å². The van der Waals surface area contributed by atoms with E-state index in [1.54, 1.807) is 24.5 Å². The molecule has 2 amide bonds. The van der Waals surface area contributed by atoms with E-state index in [0.29, 0.717) is 24.5 Å². The Kier molecular flexibility index (Phi) is 14.0. The fourth-order valence-electron chi connectivity index (χ4n) is 4.87. The summed E-state index contributed by atoms with van der Waals surface area (Å²) in [4.78, 5) is 32.6. The van der Waals surface area contributed by atoms with Crippen LogP contribution in [0.15, 0.2) is 122 Å². The number of pyridine rings is 2. The van der Waals surface area contributed by atoms with Crippen LogP contribution < -0.4 is 21.3 Å². The molecule has 6 N–H and O–H groups in total. The van der Waals surface area contributed by atoms with Crippen molar-refractivity contribution in [3.8, 4) is 22.5 Å². The number of rotatable bonds is 16. The summed E-state index contributed by atoms with van der Waals surface area (Å²) in [5, 5.41) is 26.4. The van der Waals surface area contributed by atoms with Gasteiger partial charge in [-0.2, -0.15) is 10.2 Å². The van der Waals surface area contributed by atoms with Crippen molar-refractivity contribution in [2.45, 2.75) is 25.9 Å². The van der Waals surface area contributed by atoms with Gasteiger partial charge < -0.3 is 21.3 Å². The zero-order chi connectivity index (χ0) is 34.6. The highest BCUT2D eigenvalue weighted by atomic mass is 16.2. The molecule has 0 unspecified atom stereocenters. The van der Waals surface area contributed by atoms with Crippen LogP contribution in [0, 0.1) is 0 Å². The van der Waals surface area contributed by atoms with E-state index in [-0.39, 0.29) is 11.8 Å². The van der Waals surface area contributed by atoms with Gasteiger partial charge in [0, 0.05) is 55.9 Å². The quantitative estimate of drug-likeness (QED) is 0.0803. The first kappa shape index (κ1) is 35.3. The Morgan fingerprint density at radius 1 is 0.580 bits per heavy atom. The number of aromatic nitrogens is 6. The molecule has 0 aliphatic rings. The summed E-state index contributed by atoms with van der Waals surface area (Å²) < 4.78 is 0. The standard InChI is InChI=1S/2C19H21N5O/c25-19(18-12-17(23-24-18)16-7-2-1-3-8-16)22-11-5-10-21-14-15-6-4-9-20-13-15;25-19(18-13-17(23-24-18)15-7-2-1-3-8-15)22-12-6-10-20-14-16-9-4-5-11-21-16/h1-4,6-9,12-13,21H,5,10-11,14H2,(H,22,25)(H,23,24);1-5,7-9,11,13,20H,6,10,12,14H2,(H,22,25)(H,23,24). The van der Waals surface area contributed by atoms with Crippen LogP contribution in [0.1, 0.15) is 45.1 Å². The van der Waals surface area contributed by atoms with E-state index in [4.69, 9.17) is 0 Å². The minimum absolute atomic E-state index is 0.137. The Bertz CT molecular complexity index is 1710. The lowest BCUT2D eigenvalue weighted by Crippen LogP contribution is -2.27. The number of carbonyl (C=O) groups is 2. The lowest BCUT2D eigenvalue weighted by molar-refractivity contribution is 0.0940. The van der Waals surface area contributed by atoms with Gasteiger partial charge in [0.1, 0.15) is 11.4 Å². The summed E-state index contributed by atoms with van der Waals surface area (Å²) in [6.07, 6.45) is 7.09. The Balaban J connectivity index is 0.000000194. The number of nitrogens with zero attached hydrogens (tertiary/aromatic N) is 4. The van der Waals surface area contributed by atoms with Crippen molar-refractivity contribution in [2.24, 2.45) is 0 Å². The summed E-state index contributed by atoms with van der Waals surface area (Å²) in [7, 11) is 0. The van der Waals surface area contributed by atoms with E-state index in [1.807, 2.05) is 97.2 Å². The molecule has 256 valence electrons. The van der Waals surface area contributed by atoms with Crippen molar-refractivity contribution in [1.29, 1.82) is 0 Å². The molecule has 6 rings (SSSR count). The van der Waals surface area contributed by atoms with Crippen LogP contribution in [0.3, 0.4) is 0 Å². The highest BCUT2D eigenvalue weighted by molar-refractivity contribution is 5.93. The van der Waals surface area contributed by atoms with Crippen LogP contribution in [0.4, 0.5) is 0 Å². The smallest absolute Gasteiger partial charge is 0.269 e. The van der Waals surface area contributed by atoms with Gasteiger partial charge in [0.05, 0.1) is 17.1 Å². The van der Waals surface area contributed by atoms with Crippen LogP contribution in [-0.2, 0) is 13.1 Å². The van der Waals surface area contributed by atoms with Crippen molar-refractivity contribution in [2.75, 3.05) is 26.2 Å². The molecule has 4 heterocycles. The molecule has 12 heteroatoms. The van der Waals surface area contributed by atoms with Crippen molar-refractivity contribution in [1.82, 2.24) is 51.6 Å². The third-order valence-corrected chi connectivity index (χ3v) is 7.50. The lowest BCUT2D eigenvalue weighted by Gasteiger charge is -2.05. The maximum absolute atomic E-state index is 12.1. The molecule has 0 aliphatic carbocycles. The third kappa shape index (κ3) is 11.6. The molecule has 0 radical (unpaired) electrons. The number of hydrogen-bond acceptors (Lipinski definition) is 8. The second-order valence-corrected chi connectivity index (χ2v) is 11.3. The largest absolute Gasteiger partial charge is 0.351 e. The number of benzene rings is 2. The highest BCUT2D eigenvalue weighted by Gasteiger charge is 2.11. The highest BCUT2D eigenvalue weighted by Crippen LogP contribution is 2.17. The van der Waals surface area contributed by atoms with Crippen LogP contribution in [0.25, 0.3) is 22.5 Å². The maximum atomic E-state index is 12.1. The van der Waals surface area contributed by atoms with Crippen molar-refractivity contribution in [3.63, 3.8) is 0 Å². The molecule has 4 aromatic heterocycles. The molecule has 2 aromatic carbocycles. The van der Waals surface area contributed by atoms with E-state index in [9.17, 15) is 9.59 Å². The van der Waals surface area contributed by atoms with Crippen LogP contribution in [0.2, 0.25) is 0 Å². The van der Waals surface area contributed by atoms with Crippen LogP contribution >= 0.6 is 0 Å². The summed E-state index contributed by atoms with van der Waals surface area (Å²) >= 11 is 0. The van der Waals surface area contributed by atoms with Gasteiger partial charge >= 0.3 is 0 Å². The Hall–Kier alpha value is -5.98. The van der Waals surface area contributed by atoms with Gasteiger partial charge in [0.2, 0.25) is 0 Å². The topological polar surface area (TPSA) is 165 Å². The molecular weight excluding hydrogens is 628 g/mol. The summed E-state index contributed by atoms with van der Waals surface area (Å²) in [5.74, 6) is -0.277. The molecule has 0 saturated carbocycles. The number of H-pyrrole nitrogens is 2. The average molecular weight is 671 g/mol. The molecule has 0 spiro atoms. The maximum Gasteiger partial charge on any atom is 0.269 e. The number of aromatic amines is 2. The SMILES string of the molecule is O=C(NCCCNCc1ccccn1)c1cc(-c2ccccc2)n[nH]1.O=C(NCCCNCc1cccnc1)c1cc(-c2ccccc2)n[nH]1. The first-order chi connectivity index (χ1) is 24.7. The molecule has 0 fully saturated rings. The van der Waals surface area contributed by atoms with Gasteiger partial charge in [-0.15, -0.1) is 0 Å². The minimum atomic E-state index is -0.139. The predicted molar refractivity (Wildman–Crippen MR) is 194 cm³/mol. The predicted octanol–water partition coefficient (Wildman–Crippen LogP) is 4.76. The number of amides is 2. The van der Waals surface area contributed by atoms with E-state index in [1.165, 1.54) is 0 Å². The van der Waals surface area contributed by atoms with E-state index in [0.717, 1.165) is 72.8 Å². The molecule has 0 aliphatic heterocycles. The fourth-order valence-corrected chi connectivity index (χ4v) is 4.87. The molecular formula is C38H42N10O2. The average Bonchev–Trinajstić information content (AvgIpc) is 3.88. The van der Waals surface area contributed by atoms with Gasteiger partial charge in [-0.05, 0) is 61.8 Å². The van der Waals surface area contributed by atoms with Crippen molar-refractivity contribution < 1.29 is 9.59 Å². The molecule has 0 atom stereocenters. The Morgan fingerprint density at radius 2 is 1.14 bits per heavy atom. The number of carbonyl (C=O) groups excluding carboxylic acids is 2. The Morgan fingerprint density at radius 3 is 1.66 bits per heavy atom. The zero-order valence-electron chi connectivity index (χ0n) is 27.8. The number of nitrogens with one attached hydrogen (secondary N) is 6. The molecule has 0 saturated heterocycles. The van der Waals surface area contributed by atoms with Gasteiger partial charge in [-0.25, -0.2) is 0 Å². The zero-order valence-corrected chi connectivity index (χ0v) is 27.8. The van der Waals surface area contributed by atoms with Gasteiger partial charge in [0.15, 0.2) is 0 Å². The van der Waals surface area contributed by atoms with E-state index >= 15 is 0 Å². The molecule has 0 bridgehead atoms. The lowest BCUT2D eigenvalue weighted by atomic mass is 10.1. The number of hydrogen-bond donors (Lipinski definition) is 6. The summed E-state index contributed by atoms with van der Waals surface area (Å²) in [6, 6.07) is 32.9. The monoisotopic (exact) mass is 670 g/mol. The molecule has 50 heavy (non-hydrogen) atoms. The van der Waals surface area contributed by atoms with Crippen molar-refractivity contribution in [3.05, 3.63) is 144 Å². The first-order valence-corrected chi connectivity index (χ1v) is 16.6. The molecule has 12 nitrogen and oxygen atoms in total.